The summed E-state index contributed by atoms with van der Waals surface area (Å²) in [5.41, 5.74) is 2.76. The third-order valence-corrected chi connectivity index (χ3v) is 1.12. The Hall–Kier alpha value is -0.610. The lowest BCUT2D eigenvalue weighted by Crippen LogP contribution is -2.30. The van der Waals surface area contributed by atoms with Crippen LogP contribution >= 0.6 is 0 Å². The molecule has 0 radical (unpaired) electrons. The van der Waals surface area contributed by atoms with E-state index in [-0.39, 0.29) is 5.91 Å². The highest BCUT2D eigenvalue weighted by molar-refractivity contribution is 5.72. The van der Waals surface area contributed by atoms with Gasteiger partial charge in [-0.2, -0.15) is 0 Å². The molecule has 4 nitrogen and oxygen atoms in total. The molecule has 72 valence electrons. The summed E-state index contributed by atoms with van der Waals surface area (Å²) in [6.45, 7) is 7.60. The molecule has 0 saturated heterocycles. The number of hydrogen-bond acceptors (Lipinski definition) is 3. The molecular formula is C8H18N2O2. The first kappa shape index (κ1) is 11.4. The van der Waals surface area contributed by atoms with E-state index < -0.39 is 0 Å². The van der Waals surface area contributed by atoms with Crippen LogP contribution in [0.4, 0.5) is 0 Å². The van der Waals surface area contributed by atoms with Gasteiger partial charge in [-0.3, -0.25) is 4.79 Å². The van der Waals surface area contributed by atoms with Crippen molar-refractivity contribution in [2.75, 3.05) is 19.7 Å². The number of rotatable bonds is 6. The van der Waals surface area contributed by atoms with Crippen LogP contribution in [0.25, 0.3) is 0 Å². The molecule has 0 aliphatic heterocycles. The monoisotopic (exact) mass is 174 g/mol. The summed E-state index contributed by atoms with van der Waals surface area (Å²) in [6.07, 6.45) is 0. The molecule has 0 fully saturated rings. The van der Waals surface area contributed by atoms with E-state index in [1.165, 1.54) is 6.92 Å². The topological polar surface area (TPSA) is 50.4 Å². The Labute approximate surface area is 73.6 Å². The zero-order valence-corrected chi connectivity index (χ0v) is 8.02. The third kappa shape index (κ3) is 9.39. The predicted molar refractivity (Wildman–Crippen MR) is 47.5 cm³/mol. The summed E-state index contributed by atoms with van der Waals surface area (Å²) in [6, 6.07) is 0. The van der Waals surface area contributed by atoms with Crippen molar-refractivity contribution in [3.8, 4) is 0 Å². The van der Waals surface area contributed by atoms with Gasteiger partial charge in [0.1, 0.15) is 0 Å². The minimum atomic E-state index is -0.0133. The van der Waals surface area contributed by atoms with E-state index >= 15 is 0 Å². The summed E-state index contributed by atoms with van der Waals surface area (Å²) in [5.74, 6) is 0.513. The number of hydrogen-bond donors (Lipinski definition) is 2. The Morgan fingerprint density at radius 1 is 1.42 bits per heavy atom. The van der Waals surface area contributed by atoms with Crippen LogP contribution in [-0.2, 0) is 9.63 Å². The normalized spacial score (nSPS) is 10.3. The van der Waals surface area contributed by atoms with Crippen molar-refractivity contribution < 1.29 is 9.63 Å². The predicted octanol–water partition coefficient (Wildman–Crippen LogP) is 0.300. The highest BCUT2D eigenvalue weighted by Gasteiger charge is 1.93. The lowest BCUT2D eigenvalue weighted by Gasteiger charge is -2.07. The second kappa shape index (κ2) is 7.06. The number of hydroxylamine groups is 1. The van der Waals surface area contributed by atoms with Gasteiger partial charge < -0.3 is 10.2 Å². The van der Waals surface area contributed by atoms with Gasteiger partial charge in [0.05, 0.1) is 6.61 Å². The fraction of sp³-hybridized carbons (Fsp3) is 0.875. The summed E-state index contributed by atoms with van der Waals surface area (Å²) in [7, 11) is 0. The van der Waals surface area contributed by atoms with Crippen LogP contribution in [0.1, 0.15) is 20.8 Å². The van der Waals surface area contributed by atoms with E-state index in [1.54, 1.807) is 0 Å². The molecule has 0 aliphatic rings. The molecule has 0 bridgehead atoms. The molecule has 0 atom stereocenters. The molecule has 1 amide bonds. The van der Waals surface area contributed by atoms with Crippen LogP contribution in [0.5, 0.6) is 0 Å². The van der Waals surface area contributed by atoms with Gasteiger partial charge in [0, 0.05) is 20.0 Å². The van der Waals surface area contributed by atoms with Gasteiger partial charge in [0.2, 0.25) is 5.91 Å². The molecule has 0 unspecified atom stereocenters. The van der Waals surface area contributed by atoms with Crippen molar-refractivity contribution in [1.82, 2.24) is 10.8 Å². The standard InChI is InChI=1S/C8H18N2O2/c1-7(2)6-12-10-5-4-9-8(3)11/h7,10H,4-6H2,1-3H3,(H,9,11). The lowest BCUT2D eigenvalue weighted by molar-refractivity contribution is -0.119. The molecule has 0 aromatic heterocycles. The van der Waals surface area contributed by atoms with Crippen molar-refractivity contribution in [3.63, 3.8) is 0 Å². The molecule has 0 spiro atoms. The quantitative estimate of drug-likeness (QED) is 0.450. The van der Waals surface area contributed by atoms with Crippen molar-refractivity contribution in [2.24, 2.45) is 5.92 Å². The number of amides is 1. The first-order chi connectivity index (χ1) is 5.63. The molecule has 0 heterocycles. The molecule has 12 heavy (non-hydrogen) atoms. The second-order valence-electron chi connectivity index (χ2n) is 3.08. The van der Waals surface area contributed by atoms with E-state index in [9.17, 15) is 4.79 Å². The maximum Gasteiger partial charge on any atom is 0.216 e. The average molecular weight is 174 g/mol. The van der Waals surface area contributed by atoms with Crippen molar-refractivity contribution >= 4 is 5.91 Å². The molecule has 0 saturated carbocycles. The van der Waals surface area contributed by atoms with Crippen molar-refractivity contribution in [1.29, 1.82) is 0 Å². The summed E-state index contributed by atoms with van der Waals surface area (Å²) in [5, 5.41) is 2.65. The largest absolute Gasteiger partial charge is 0.355 e. The van der Waals surface area contributed by atoms with E-state index in [4.69, 9.17) is 4.84 Å². The molecule has 0 aliphatic carbocycles. The molecule has 0 rings (SSSR count). The summed E-state index contributed by atoms with van der Waals surface area (Å²) >= 11 is 0. The Balaban J connectivity index is 2.96. The molecule has 0 aromatic rings. The molecular weight excluding hydrogens is 156 g/mol. The molecule has 0 aromatic carbocycles. The Kier molecular flexibility index (Phi) is 6.70. The van der Waals surface area contributed by atoms with Gasteiger partial charge in [-0.15, -0.1) is 0 Å². The summed E-state index contributed by atoms with van der Waals surface area (Å²) < 4.78 is 0. The van der Waals surface area contributed by atoms with Crippen LogP contribution < -0.4 is 10.8 Å². The fourth-order valence-electron chi connectivity index (χ4n) is 0.587. The number of carbonyl (C=O) groups excluding carboxylic acids is 1. The number of carbonyl (C=O) groups is 1. The maximum absolute atomic E-state index is 10.4. The fourth-order valence-corrected chi connectivity index (χ4v) is 0.587. The highest BCUT2D eigenvalue weighted by Crippen LogP contribution is 1.88. The maximum atomic E-state index is 10.4. The van der Waals surface area contributed by atoms with Crippen LogP contribution in [0.3, 0.4) is 0 Å². The van der Waals surface area contributed by atoms with E-state index in [1.807, 2.05) is 0 Å². The lowest BCUT2D eigenvalue weighted by atomic mass is 10.2. The minimum absolute atomic E-state index is 0.0133. The van der Waals surface area contributed by atoms with E-state index in [0.29, 0.717) is 25.6 Å². The van der Waals surface area contributed by atoms with E-state index in [0.717, 1.165) is 0 Å². The van der Waals surface area contributed by atoms with Gasteiger partial charge in [-0.05, 0) is 5.92 Å². The molecule has 4 heteroatoms. The Morgan fingerprint density at radius 2 is 2.08 bits per heavy atom. The smallest absolute Gasteiger partial charge is 0.216 e. The van der Waals surface area contributed by atoms with Crippen LogP contribution in [0, 0.1) is 5.92 Å². The summed E-state index contributed by atoms with van der Waals surface area (Å²) in [4.78, 5) is 15.5. The highest BCUT2D eigenvalue weighted by atomic mass is 16.6. The Morgan fingerprint density at radius 3 is 2.58 bits per heavy atom. The molecule has 2 N–H and O–H groups in total. The first-order valence-electron chi connectivity index (χ1n) is 4.22. The van der Waals surface area contributed by atoms with Gasteiger partial charge >= 0.3 is 0 Å². The zero-order valence-electron chi connectivity index (χ0n) is 8.02. The van der Waals surface area contributed by atoms with Crippen molar-refractivity contribution in [2.45, 2.75) is 20.8 Å². The van der Waals surface area contributed by atoms with Gasteiger partial charge in [0.15, 0.2) is 0 Å². The van der Waals surface area contributed by atoms with E-state index in [2.05, 4.69) is 24.6 Å². The zero-order chi connectivity index (χ0) is 9.40. The van der Waals surface area contributed by atoms with Crippen LogP contribution in [0.15, 0.2) is 0 Å². The van der Waals surface area contributed by atoms with Gasteiger partial charge in [0.25, 0.3) is 0 Å². The Bertz CT molecular complexity index is 126. The number of nitrogens with one attached hydrogen (secondary N) is 2. The average Bonchev–Trinajstić information content (AvgIpc) is 1.95. The minimum Gasteiger partial charge on any atom is -0.355 e. The third-order valence-electron chi connectivity index (χ3n) is 1.12. The van der Waals surface area contributed by atoms with Crippen molar-refractivity contribution in [3.05, 3.63) is 0 Å². The van der Waals surface area contributed by atoms with Gasteiger partial charge in [-0.1, -0.05) is 13.8 Å². The first-order valence-corrected chi connectivity index (χ1v) is 4.22. The van der Waals surface area contributed by atoms with Gasteiger partial charge in [-0.25, -0.2) is 5.48 Å². The van der Waals surface area contributed by atoms with Crippen LogP contribution in [0.2, 0.25) is 0 Å². The van der Waals surface area contributed by atoms with Crippen LogP contribution in [-0.4, -0.2) is 25.6 Å². The SMILES string of the molecule is CC(=O)NCCNOCC(C)C. The second-order valence-corrected chi connectivity index (χ2v) is 3.08.